The van der Waals surface area contributed by atoms with Crippen LogP contribution in [-0.2, 0) is 0 Å². The first-order chi connectivity index (χ1) is 9.25. The number of pyridine rings is 1. The number of benzene rings is 1. The Morgan fingerprint density at radius 1 is 0.947 bits per heavy atom. The van der Waals surface area contributed by atoms with Crippen molar-refractivity contribution < 1.29 is 4.57 Å². The molecule has 3 rings (SSSR count). The zero-order valence-electron chi connectivity index (χ0n) is 11.0. The number of hydrogen-bond donors (Lipinski definition) is 0. The highest BCUT2D eigenvalue weighted by Gasteiger charge is 2.08. The van der Waals surface area contributed by atoms with E-state index in [1.807, 2.05) is 6.07 Å². The van der Waals surface area contributed by atoms with E-state index in [2.05, 4.69) is 64.8 Å². The molecule has 0 N–H and O–H groups in total. The van der Waals surface area contributed by atoms with Crippen molar-refractivity contribution in [1.82, 2.24) is 9.97 Å². The third kappa shape index (κ3) is 2.15. The topological polar surface area (TPSA) is 30.9 Å². The maximum absolute atomic E-state index is 4.26. The Kier molecular flexibility index (Phi) is 2.88. The van der Waals surface area contributed by atoms with Gasteiger partial charge >= 0.3 is 0 Å². The molecule has 2 aromatic heterocycles. The molecular formula is C16H15N3. The van der Waals surface area contributed by atoms with E-state index in [0.29, 0.717) is 0 Å². The smallest absolute Gasteiger partial charge is 0.234 e. The van der Waals surface area contributed by atoms with Crippen LogP contribution in [0.4, 0.5) is 0 Å². The Bertz CT molecular complexity index is 662. The molecule has 0 fully saturated rings. The van der Waals surface area contributed by atoms with Gasteiger partial charge < -0.3 is 0 Å². The van der Waals surface area contributed by atoms with Gasteiger partial charge in [0.05, 0.1) is 0 Å². The average molecular weight is 249 g/mol. The summed E-state index contributed by atoms with van der Waals surface area (Å²) in [6, 6.07) is 14.7. The van der Waals surface area contributed by atoms with Gasteiger partial charge in [-0.15, -0.1) is 0 Å². The van der Waals surface area contributed by atoms with Gasteiger partial charge in [0.1, 0.15) is 0 Å². The first-order valence-corrected chi connectivity index (χ1v) is 6.28. The zero-order valence-corrected chi connectivity index (χ0v) is 11.0. The fourth-order valence-corrected chi connectivity index (χ4v) is 2.36. The first kappa shape index (κ1) is 11.7. The van der Waals surface area contributed by atoms with Crippen molar-refractivity contribution in [3.05, 3.63) is 66.2 Å². The van der Waals surface area contributed by atoms with Crippen LogP contribution in [0.5, 0.6) is 0 Å². The quantitative estimate of drug-likeness (QED) is 0.654. The molecule has 3 nitrogen and oxygen atoms in total. The van der Waals surface area contributed by atoms with Crippen LogP contribution >= 0.6 is 0 Å². The normalized spacial score (nSPS) is 10.6. The molecule has 0 radical (unpaired) electrons. The van der Waals surface area contributed by atoms with Gasteiger partial charge in [0.25, 0.3) is 0 Å². The van der Waals surface area contributed by atoms with Crippen LogP contribution in [0.3, 0.4) is 0 Å². The van der Waals surface area contributed by atoms with Gasteiger partial charge in [-0.25, -0.2) is 9.97 Å². The zero-order chi connectivity index (χ0) is 13.2. The van der Waals surface area contributed by atoms with Crippen molar-refractivity contribution in [1.29, 1.82) is 0 Å². The summed E-state index contributed by atoms with van der Waals surface area (Å²) in [5, 5.41) is 0. The molecule has 19 heavy (non-hydrogen) atoms. The van der Waals surface area contributed by atoms with E-state index in [9.17, 15) is 0 Å². The van der Waals surface area contributed by atoms with Crippen LogP contribution in [0.2, 0.25) is 0 Å². The van der Waals surface area contributed by atoms with Crippen molar-refractivity contribution in [3.63, 3.8) is 0 Å². The van der Waals surface area contributed by atoms with Gasteiger partial charge in [-0.1, -0.05) is 30.3 Å². The Morgan fingerprint density at radius 2 is 1.63 bits per heavy atom. The van der Waals surface area contributed by atoms with E-state index in [-0.39, 0.29) is 0 Å². The van der Waals surface area contributed by atoms with Crippen LogP contribution in [0, 0.1) is 13.8 Å². The molecule has 0 atom stereocenters. The molecule has 2 heterocycles. The van der Waals surface area contributed by atoms with Gasteiger partial charge in [-0.05, 0) is 37.1 Å². The van der Waals surface area contributed by atoms with Crippen molar-refractivity contribution in [2.24, 2.45) is 0 Å². The monoisotopic (exact) mass is 249 g/mol. The van der Waals surface area contributed by atoms with E-state index in [4.69, 9.17) is 0 Å². The van der Waals surface area contributed by atoms with Crippen LogP contribution in [-0.4, -0.2) is 4.98 Å². The molecule has 0 saturated heterocycles. The second-order valence-electron chi connectivity index (χ2n) is 4.58. The van der Waals surface area contributed by atoms with Gasteiger partial charge in [0.2, 0.25) is 5.95 Å². The third-order valence-corrected chi connectivity index (χ3v) is 3.19. The van der Waals surface area contributed by atoms with Gasteiger partial charge in [-0.2, -0.15) is 0 Å². The lowest BCUT2D eigenvalue weighted by Crippen LogP contribution is -2.39. The predicted octanol–water partition coefficient (Wildman–Crippen LogP) is 2.60. The summed E-state index contributed by atoms with van der Waals surface area (Å²) < 4.78 is 2.06. The molecular weight excluding hydrogens is 234 g/mol. The SMILES string of the molecule is Cc1cc(-c2ccccc2)cc(C)[n+]1-c1ncc[n-]1. The van der Waals surface area contributed by atoms with E-state index < -0.39 is 0 Å². The minimum Gasteiger partial charge on any atom is -0.287 e. The summed E-state index contributed by atoms with van der Waals surface area (Å²) in [4.78, 5) is 8.52. The minimum atomic E-state index is 0.731. The van der Waals surface area contributed by atoms with E-state index in [1.165, 1.54) is 11.1 Å². The molecule has 0 unspecified atom stereocenters. The maximum Gasteiger partial charge on any atom is 0.234 e. The fourth-order valence-electron chi connectivity index (χ4n) is 2.36. The number of imidazole rings is 1. The number of aromatic nitrogens is 3. The number of rotatable bonds is 2. The Morgan fingerprint density at radius 3 is 2.21 bits per heavy atom. The number of aryl methyl sites for hydroxylation is 2. The summed E-state index contributed by atoms with van der Waals surface area (Å²) in [5.74, 6) is 0.731. The molecule has 94 valence electrons. The van der Waals surface area contributed by atoms with Crippen molar-refractivity contribution in [2.75, 3.05) is 0 Å². The van der Waals surface area contributed by atoms with Crippen LogP contribution < -0.4 is 9.55 Å². The van der Waals surface area contributed by atoms with E-state index >= 15 is 0 Å². The summed E-state index contributed by atoms with van der Waals surface area (Å²) in [5.41, 5.74) is 4.71. The van der Waals surface area contributed by atoms with Gasteiger partial charge in [0.15, 0.2) is 0 Å². The molecule has 0 aliphatic heterocycles. The van der Waals surface area contributed by atoms with Crippen LogP contribution in [0.25, 0.3) is 17.1 Å². The standard InChI is InChI=1S/C16H15N3/c1-12-10-15(14-6-4-3-5-7-14)11-13(2)19(12)16-17-8-9-18-16/h3-11H,1-2H3. The van der Waals surface area contributed by atoms with E-state index in [1.54, 1.807) is 12.4 Å². The van der Waals surface area contributed by atoms with E-state index in [0.717, 1.165) is 17.3 Å². The summed E-state index contributed by atoms with van der Waals surface area (Å²) in [6.45, 7) is 4.16. The lowest BCUT2D eigenvalue weighted by atomic mass is 10.0. The molecule has 0 saturated carbocycles. The summed E-state index contributed by atoms with van der Waals surface area (Å²) in [6.07, 6.45) is 3.43. The number of hydrogen-bond acceptors (Lipinski definition) is 1. The lowest BCUT2D eigenvalue weighted by Gasteiger charge is -2.14. The molecule has 1 aromatic carbocycles. The molecule has 3 aromatic rings. The second kappa shape index (κ2) is 4.69. The maximum atomic E-state index is 4.26. The van der Waals surface area contributed by atoms with Crippen molar-refractivity contribution >= 4 is 0 Å². The number of nitrogens with zero attached hydrogens (tertiary/aromatic N) is 3. The molecule has 0 aliphatic carbocycles. The predicted molar refractivity (Wildman–Crippen MR) is 74.0 cm³/mol. The van der Waals surface area contributed by atoms with Crippen LogP contribution in [0.1, 0.15) is 11.4 Å². The Hall–Kier alpha value is -2.42. The third-order valence-electron chi connectivity index (χ3n) is 3.19. The molecule has 3 heteroatoms. The molecule has 0 aliphatic rings. The van der Waals surface area contributed by atoms with Gasteiger partial charge in [0, 0.05) is 23.8 Å². The second-order valence-corrected chi connectivity index (χ2v) is 4.58. The summed E-state index contributed by atoms with van der Waals surface area (Å²) in [7, 11) is 0. The highest BCUT2D eigenvalue weighted by atomic mass is 15.2. The highest BCUT2D eigenvalue weighted by Crippen LogP contribution is 2.20. The average Bonchev–Trinajstić information content (AvgIpc) is 2.93. The minimum absolute atomic E-state index is 0.731. The molecule has 0 spiro atoms. The summed E-state index contributed by atoms with van der Waals surface area (Å²) >= 11 is 0. The largest absolute Gasteiger partial charge is 0.287 e. The van der Waals surface area contributed by atoms with Gasteiger partial charge in [-0.3, -0.25) is 4.57 Å². The Balaban J connectivity index is 2.13. The highest BCUT2D eigenvalue weighted by molar-refractivity contribution is 5.63. The fraction of sp³-hybridized carbons (Fsp3) is 0.125. The van der Waals surface area contributed by atoms with Crippen LogP contribution in [0.15, 0.2) is 54.9 Å². The molecule has 0 bridgehead atoms. The van der Waals surface area contributed by atoms with Crippen molar-refractivity contribution in [2.45, 2.75) is 13.8 Å². The van der Waals surface area contributed by atoms with Crippen molar-refractivity contribution in [3.8, 4) is 17.1 Å². The Labute approximate surface area is 112 Å². The molecule has 0 amide bonds. The first-order valence-electron chi connectivity index (χ1n) is 6.28. The lowest BCUT2D eigenvalue weighted by molar-refractivity contribution is -0.617.